The van der Waals surface area contributed by atoms with Crippen LogP contribution in [-0.4, -0.2) is 34.7 Å². The van der Waals surface area contributed by atoms with Crippen LogP contribution < -0.4 is 15.2 Å². The van der Waals surface area contributed by atoms with Crippen LogP contribution in [0.25, 0.3) is 0 Å². The molecule has 1 heterocycles. The highest BCUT2D eigenvalue weighted by atomic mass is 19.1. The van der Waals surface area contributed by atoms with Gasteiger partial charge in [-0.25, -0.2) is 9.18 Å². The summed E-state index contributed by atoms with van der Waals surface area (Å²) in [6.07, 6.45) is -0.791. The summed E-state index contributed by atoms with van der Waals surface area (Å²) in [5.74, 6) is -0.561. The van der Waals surface area contributed by atoms with Crippen LogP contribution in [0.2, 0.25) is 0 Å². The normalized spacial score (nSPS) is 22.8. The third kappa shape index (κ3) is 4.47. The smallest absolute Gasteiger partial charge is 0.408 e. The summed E-state index contributed by atoms with van der Waals surface area (Å²) in [5, 5.41) is 10.1. The fourth-order valence-corrected chi connectivity index (χ4v) is 4.94. The predicted octanol–water partition coefficient (Wildman–Crippen LogP) is 4.74. The number of hydrogen-bond acceptors (Lipinski definition) is 4. The van der Waals surface area contributed by atoms with Gasteiger partial charge in [-0.3, -0.25) is 9.69 Å². The van der Waals surface area contributed by atoms with Crippen molar-refractivity contribution in [2.45, 2.75) is 52.3 Å². The van der Waals surface area contributed by atoms with E-state index in [2.05, 4.69) is 0 Å². The zero-order valence-corrected chi connectivity index (χ0v) is 19.6. The van der Waals surface area contributed by atoms with Crippen molar-refractivity contribution in [2.24, 2.45) is 17.1 Å². The lowest BCUT2D eigenvalue weighted by Crippen LogP contribution is -2.59. The van der Waals surface area contributed by atoms with E-state index in [9.17, 15) is 19.1 Å². The second kappa shape index (κ2) is 8.92. The number of methoxy groups -OCH3 is 1. The number of likely N-dealkylation sites (tertiary alicyclic amines) is 1. The largest absolute Gasteiger partial charge is 0.493 e. The van der Waals surface area contributed by atoms with E-state index in [1.807, 2.05) is 20.8 Å². The molecule has 1 saturated heterocycles. The fourth-order valence-electron chi connectivity index (χ4n) is 4.94. The number of carbonyl (C=O) groups is 2. The third-order valence-corrected chi connectivity index (χ3v) is 6.61. The van der Waals surface area contributed by atoms with Gasteiger partial charge in [-0.15, -0.1) is 0 Å². The van der Waals surface area contributed by atoms with Gasteiger partial charge in [-0.1, -0.05) is 45.0 Å². The monoisotopic (exact) mass is 458 g/mol. The van der Waals surface area contributed by atoms with Gasteiger partial charge in [0.25, 0.3) is 0 Å². The number of halogens is 1. The van der Waals surface area contributed by atoms with Crippen LogP contribution >= 0.6 is 0 Å². The van der Waals surface area contributed by atoms with Gasteiger partial charge in [-0.05, 0) is 48.4 Å². The minimum Gasteiger partial charge on any atom is -0.493 e. The molecule has 0 aromatic heterocycles. The second-order valence-corrected chi connectivity index (χ2v) is 9.62. The second-order valence-electron chi connectivity index (χ2n) is 9.62. The predicted molar refractivity (Wildman–Crippen MR) is 121 cm³/mol. The van der Waals surface area contributed by atoms with Crippen molar-refractivity contribution in [3.8, 4) is 11.5 Å². The van der Waals surface area contributed by atoms with E-state index < -0.39 is 23.6 Å². The lowest BCUT2D eigenvalue weighted by atomic mass is 9.69. The zero-order valence-electron chi connectivity index (χ0n) is 19.6. The minimum atomic E-state index is -1.37. The Balaban J connectivity index is 1.96. The number of ether oxygens (including phenoxy) is 2. The maximum Gasteiger partial charge on any atom is 0.408 e. The molecule has 178 valence electrons. The minimum absolute atomic E-state index is 0.0128. The molecule has 0 radical (unpaired) electrons. The SMILES string of the molecule is COc1cc([C@H]2CC(C(C)(C)C)[C@@](C)(C(N)=O)N2C(=O)O)ccc1OCc1ccccc1F. The first-order valence-electron chi connectivity index (χ1n) is 10.8. The molecule has 3 rings (SSSR count). The van der Waals surface area contributed by atoms with Crippen LogP contribution in [0.4, 0.5) is 9.18 Å². The molecule has 1 aliphatic heterocycles. The average molecular weight is 459 g/mol. The number of amides is 2. The number of primary amides is 1. The summed E-state index contributed by atoms with van der Waals surface area (Å²) in [5.41, 5.74) is 5.08. The van der Waals surface area contributed by atoms with Crippen molar-refractivity contribution in [1.82, 2.24) is 4.90 Å². The van der Waals surface area contributed by atoms with E-state index in [1.54, 1.807) is 43.3 Å². The van der Waals surface area contributed by atoms with Crippen molar-refractivity contribution in [1.29, 1.82) is 0 Å². The highest BCUT2D eigenvalue weighted by Gasteiger charge is 2.59. The van der Waals surface area contributed by atoms with Gasteiger partial charge in [-0.2, -0.15) is 0 Å². The summed E-state index contributed by atoms with van der Waals surface area (Å²) in [6, 6.07) is 10.8. The summed E-state index contributed by atoms with van der Waals surface area (Å²) in [7, 11) is 1.48. The van der Waals surface area contributed by atoms with Crippen LogP contribution in [-0.2, 0) is 11.4 Å². The van der Waals surface area contributed by atoms with E-state index in [-0.39, 0.29) is 23.8 Å². The number of benzene rings is 2. The van der Waals surface area contributed by atoms with Gasteiger partial charge in [0.05, 0.1) is 13.2 Å². The van der Waals surface area contributed by atoms with Crippen LogP contribution in [0.5, 0.6) is 11.5 Å². The van der Waals surface area contributed by atoms with Gasteiger partial charge in [0.1, 0.15) is 18.0 Å². The summed E-state index contributed by atoms with van der Waals surface area (Å²) in [4.78, 5) is 26.0. The van der Waals surface area contributed by atoms with Gasteiger partial charge >= 0.3 is 6.09 Å². The molecule has 2 aromatic rings. The molecule has 0 aliphatic carbocycles. The lowest BCUT2D eigenvalue weighted by Gasteiger charge is -2.41. The fraction of sp³-hybridized carbons (Fsp3) is 0.440. The Morgan fingerprint density at radius 2 is 1.88 bits per heavy atom. The number of rotatable bonds is 6. The van der Waals surface area contributed by atoms with Crippen molar-refractivity contribution < 1.29 is 28.6 Å². The quantitative estimate of drug-likeness (QED) is 0.651. The lowest BCUT2D eigenvalue weighted by molar-refractivity contribution is -0.131. The molecule has 3 atom stereocenters. The van der Waals surface area contributed by atoms with Crippen molar-refractivity contribution in [3.63, 3.8) is 0 Å². The zero-order chi connectivity index (χ0) is 24.6. The van der Waals surface area contributed by atoms with Gasteiger partial charge in [0.2, 0.25) is 5.91 Å². The van der Waals surface area contributed by atoms with Crippen LogP contribution in [0.1, 0.15) is 51.3 Å². The first kappa shape index (κ1) is 24.4. The molecule has 1 aliphatic rings. The molecule has 2 aromatic carbocycles. The molecular formula is C25H31FN2O5. The molecule has 8 heteroatoms. The molecule has 0 saturated carbocycles. The van der Waals surface area contributed by atoms with Crippen molar-refractivity contribution >= 4 is 12.0 Å². The first-order chi connectivity index (χ1) is 15.4. The molecule has 2 amide bonds. The Bertz CT molecular complexity index is 1050. The Labute approximate surface area is 193 Å². The van der Waals surface area contributed by atoms with Gasteiger partial charge in [0, 0.05) is 5.56 Å². The maximum atomic E-state index is 13.9. The van der Waals surface area contributed by atoms with E-state index in [1.165, 1.54) is 18.1 Å². The molecule has 7 nitrogen and oxygen atoms in total. The highest BCUT2D eigenvalue weighted by molar-refractivity contribution is 5.89. The molecule has 1 unspecified atom stereocenters. The number of carbonyl (C=O) groups excluding carboxylic acids is 1. The molecule has 0 bridgehead atoms. The van der Waals surface area contributed by atoms with Crippen LogP contribution in [0.3, 0.4) is 0 Å². The Morgan fingerprint density at radius 1 is 1.21 bits per heavy atom. The topological polar surface area (TPSA) is 102 Å². The van der Waals surface area contributed by atoms with Crippen molar-refractivity contribution in [3.05, 3.63) is 59.4 Å². The van der Waals surface area contributed by atoms with E-state index in [0.29, 0.717) is 29.0 Å². The summed E-state index contributed by atoms with van der Waals surface area (Å²) < 4.78 is 25.2. The highest BCUT2D eigenvalue weighted by Crippen LogP contribution is 2.53. The van der Waals surface area contributed by atoms with Gasteiger partial charge in [0.15, 0.2) is 11.5 Å². The first-order valence-corrected chi connectivity index (χ1v) is 10.8. The molecule has 1 fully saturated rings. The number of carboxylic acid groups (broad SMARTS) is 1. The maximum absolute atomic E-state index is 13.9. The standard InChI is InChI=1S/C25H31FN2O5/c1-24(2,3)21-13-18(28(23(30)31)25(21,4)22(27)29)15-10-11-19(20(12-15)32-5)33-14-16-8-6-7-9-17(16)26/h6-12,18,21H,13-14H2,1-5H3,(H2,27,29)(H,30,31)/t18-,21?,25+/m1/s1. The van der Waals surface area contributed by atoms with E-state index in [0.717, 1.165) is 0 Å². The Kier molecular flexibility index (Phi) is 6.58. The summed E-state index contributed by atoms with van der Waals surface area (Å²) >= 11 is 0. The summed E-state index contributed by atoms with van der Waals surface area (Å²) in [6.45, 7) is 7.53. The molecular weight excluding hydrogens is 427 g/mol. The van der Waals surface area contributed by atoms with Crippen molar-refractivity contribution in [2.75, 3.05) is 7.11 Å². The van der Waals surface area contributed by atoms with E-state index in [4.69, 9.17) is 15.2 Å². The van der Waals surface area contributed by atoms with Gasteiger partial charge < -0.3 is 20.3 Å². The van der Waals surface area contributed by atoms with Crippen LogP contribution in [0, 0.1) is 17.2 Å². The number of nitrogens with zero attached hydrogens (tertiary/aromatic N) is 1. The van der Waals surface area contributed by atoms with E-state index >= 15 is 0 Å². The Hall–Kier alpha value is -3.29. The molecule has 0 spiro atoms. The average Bonchev–Trinajstić information content (AvgIpc) is 3.08. The third-order valence-electron chi connectivity index (χ3n) is 6.61. The molecule has 33 heavy (non-hydrogen) atoms. The Morgan fingerprint density at radius 3 is 2.42 bits per heavy atom. The molecule has 3 N–H and O–H groups in total. The van der Waals surface area contributed by atoms with Crippen LogP contribution in [0.15, 0.2) is 42.5 Å². The number of hydrogen-bond donors (Lipinski definition) is 2. The number of nitrogens with two attached hydrogens (primary N) is 1.